The summed E-state index contributed by atoms with van der Waals surface area (Å²) < 4.78 is 15.8. The van der Waals surface area contributed by atoms with E-state index in [4.69, 9.17) is 31.2 Å². The predicted octanol–water partition coefficient (Wildman–Crippen LogP) is 1.77. The van der Waals surface area contributed by atoms with Crippen LogP contribution in [-0.4, -0.2) is 43.0 Å². The molecule has 1 aromatic heterocycles. The largest absolute Gasteiger partial charge is 0.495 e. The summed E-state index contributed by atoms with van der Waals surface area (Å²) in [6, 6.07) is 5.71. The van der Waals surface area contributed by atoms with Crippen LogP contribution in [0.15, 0.2) is 39.7 Å². The van der Waals surface area contributed by atoms with Gasteiger partial charge in [-0.2, -0.15) is 0 Å². The first-order valence-corrected chi connectivity index (χ1v) is 9.66. The van der Waals surface area contributed by atoms with Gasteiger partial charge in [0.15, 0.2) is 6.61 Å². The first kappa shape index (κ1) is 21.7. The lowest BCUT2D eigenvalue weighted by Crippen LogP contribution is -2.39. The molecular formula is C20H22ClN3O6. The Kier molecular flexibility index (Phi) is 6.96. The molecular weight excluding hydrogens is 414 g/mol. The van der Waals surface area contributed by atoms with Crippen LogP contribution < -0.4 is 26.0 Å². The van der Waals surface area contributed by atoms with E-state index in [1.165, 1.54) is 13.2 Å². The molecule has 3 rings (SSSR count). The Morgan fingerprint density at radius 1 is 1.33 bits per heavy atom. The van der Waals surface area contributed by atoms with Crippen LogP contribution in [0, 0.1) is 0 Å². The van der Waals surface area contributed by atoms with E-state index in [9.17, 15) is 14.4 Å². The van der Waals surface area contributed by atoms with Crippen LogP contribution in [0.3, 0.4) is 0 Å². The number of likely N-dealkylation sites (tertiary alicyclic amines) is 1. The minimum atomic E-state index is -0.471. The topological polar surface area (TPSA) is 124 Å². The lowest BCUT2D eigenvalue weighted by atomic mass is 10.2. The number of anilines is 1. The maximum atomic E-state index is 12.3. The van der Waals surface area contributed by atoms with Crippen molar-refractivity contribution in [3.8, 4) is 11.5 Å². The van der Waals surface area contributed by atoms with Crippen molar-refractivity contribution in [3.05, 3.63) is 51.5 Å². The molecule has 30 heavy (non-hydrogen) atoms. The molecule has 1 aromatic carbocycles. The summed E-state index contributed by atoms with van der Waals surface area (Å²) in [4.78, 5) is 37.7. The quantitative estimate of drug-likeness (QED) is 0.647. The SMILES string of the molecule is COc1ccc(NC(=O)COc2coc(CN3CCC[C@H]3C(N)=O)cc2=O)cc1Cl. The van der Waals surface area contributed by atoms with Gasteiger partial charge in [0.25, 0.3) is 5.91 Å². The molecule has 160 valence electrons. The molecule has 0 aliphatic carbocycles. The summed E-state index contributed by atoms with van der Waals surface area (Å²) in [7, 11) is 1.49. The highest BCUT2D eigenvalue weighted by Crippen LogP contribution is 2.27. The van der Waals surface area contributed by atoms with Crippen molar-refractivity contribution >= 4 is 29.1 Å². The molecule has 0 bridgehead atoms. The molecule has 3 N–H and O–H groups in total. The molecule has 1 aliphatic heterocycles. The fraction of sp³-hybridized carbons (Fsp3) is 0.350. The van der Waals surface area contributed by atoms with E-state index in [0.717, 1.165) is 12.7 Å². The number of halogens is 1. The monoisotopic (exact) mass is 435 g/mol. The van der Waals surface area contributed by atoms with Crippen molar-refractivity contribution in [2.75, 3.05) is 25.6 Å². The van der Waals surface area contributed by atoms with Gasteiger partial charge in [-0.1, -0.05) is 11.6 Å². The highest BCUT2D eigenvalue weighted by atomic mass is 35.5. The van der Waals surface area contributed by atoms with Crippen molar-refractivity contribution in [2.45, 2.75) is 25.4 Å². The Morgan fingerprint density at radius 2 is 2.13 bits per heavy atom. The first-order valence-electron chi connectivity index (χ1n) is 9.28. The number of carbonyl (C=O) groups excluding carboxylic acids is 2. The summed E-state index contributed by atoms with van der Waals surface area (Å²) in [6.45, 7) is 0.608. The molecule has 1 saturated heterocycles. The average Bonchev–Trinajstić information content (AvgIpc) is 3.16. The number of methoxy groups -OCH3 is 1. The molecule has 1 aliphatic rings. The lowest BCUT2D eigenvalue weighted by molar-refractivity contribution is -0.122. The number of ether oxygens (including phenoxy) is 2. The number of nitrogens with one attached hydrogen (secondary N) is 1. The van der Waals surface area contributed by atoms with Gasteiger partial charge in [-0.3, -0.25) is 19.3 Å². The highest BCUT2D eigenvalue weighted by molar-refractivity contribution is 6.32. The zero-order chi connectivity index (χ0) is 21.7. The van der Waals surface area contributed by atoms with E-state index >= 15 is 0 Å². The maximum Gasteiger partial charge on any atom is 0.262 e. The molecule has 0 unspecified atom stereocenters. The number of nitrogens with zero attached hydrogens (tertiary/aromatic N) is 1. The van der Waals surface area contributed by atoms with Crippen molar-refractivity contribution in [3.63, 3.8) is 0 Å². The van der Waals surface area contributed by atoms with E-state index < -0.39 is 11.3 Å². The van der Waals surface area contributed by atoms with E-state index in [0.29, 0.717) is 41.7 Å². The predicted molar refractivity (Wildman–Crippen MR) is 110 cm³/mol. The Balaban J connectivity index is 1.55. The number of nitrogens with two attached hydrogens (primary N) is 1. The number of hydrogen-bond acceptors (Lipinski definition) is 7. The lowest BCUT2D eigenvalue weighted by Gasteiger charge is -2.20. The second-order valence-corrected chi connectivity index (χ2v) is 7.20. The fourth-order valence-corrected chi connectivity index (χ4v) is 3.51. The minimum absolute atomic E-state index is 0.0884. The second kappa shape index (κ2) is 9.64. The third-order valence-electron chi connectivity index (χ3n) is 4.70. The van der Waals surface area contributed by atoms with Crippen molar-refractivity contribution < 1.29 is 23.5 Å². The third-order valence-corrected chi connectivity index (χ3v) is 4.99. The molecule has 9 nitrogen and oxygen atoms in total. The molecule has 2 amide bonds. The van der Waals surface area contributed by atoms with E-state index in [2.05, 4.69) is 5.32 Å². The van der Waals surface area contributed by atoms with Gasteiger partial charge in [-0.15, -0.1) is 0 Å². The van der Waals surface area contributed by atoms with Gasteiger partial charge in [-0.25, -0.2) is 0 Å². The van der Waals surface area contributed by atoms with Gasteiger partial charge in [0.1, 0.15) is 17.8 Å². The van der Waals surface area contributed by atoms with E-state index in [1.807, 2.05) is 4.90 Å². The minimum Gasteiger partial charge on any atom is -0.495 e. The molecule has 1 atom stereocenters. The van der Waals surface area contributed by atoms with Gasteiger partial charge < -0.3 is 24.9 Å². The standard InChI is InChI=1S/C20H22ClN3O6/c1-28-17-5-4-12(7-14(17)21)23-19(26)11-30-18-10-29-13(8-16(18)25)9-24-6-2-3-15(24)20(22)27/h4-5,7-8,10,15H,2-3,6,9,11H2,1H3,(H2,22,27)(H,23,26)/t15-/m0/s1. The summed E-state index contributed by atoms with van der Waals surface area (Å²) in [5.74, 6) is -0.0768. The molecule has 0 radical (unpaired) electrons. The molecule has 2 heterocycles. The fourth-order valence-electron chi connectivity index (χ4n) is 3.25. The van der Waals surface area contributed by atoms with Crippen LogP contribution >= 0.6 is 11.6 Å². The highest BCUT2D eigenvalue weighted by Gasteiger charge is 2.29. The average molecular weight is 436 g/mol. The van der Waals surface area contributed by atoms with Gasteiger partial charge in [0.2, 0.25) is 17.1 Å². The van der Waals surface area contributed by atoms with Crippen LogP contribution in [0.1, 0.15) is 18.6 Å². The van der Waals surface area contributed by atoms with Crippen molar-refractivity contribution in [2.24, 2.45) is 5.73 Å². The zero-order valence-electron chi connectivity index (χ0n) is 16.4. The number of rotatable bonds is 8. The smallest absolute Gasteiger partial charge is 0.262 e. The second-order valence-electron chi connectivity index (χ2n) is 6.79. The zero-order valence-corrected chi connectivity index (χ0v) is 17.1. The van der Waals surface area contributed by atoms with Crippen LogP contribution in [0.25, 0.3) is 0 Å². The molecule has 10 heteroatoms. The normalized spacial score (nSPS) is 16.3. The van der Waals surface area contributed by atoms with Crippen LogP contribution in [0.2, 0.25) is 5.02 Å². The van der Waals surface area contributed by atoms with Gasteiger partial charge in [0, 0.05) is 11.8 Å². The number of primary amides is 1. The Morgan fingerprint density at radius 3 is 2.80 bits per heavy atom. The maximum absolute atomic E-state index is 12.3. The van der Waals surface area contributed by atoms with Crippen LogP contribution in [0.4, 0.5) is 5.69 Å². The summed E-state index contributed by atoms with van der Waals surface area (Å²) >= 11 is 6.02. The summed E-state index contributed by atoms with van der Waals surface area (Å²) in [5, 5.41) is 2.96. The Labute approximate surface area is 177 Å². The van der Waals surface area contributed by atoms with Crippen molar-refractivity contribution in [1.29, 1.82) is 0 Å². The Bertz CT molecular complexity index is 993. The number of carbonyl (C=O) groups is 2. The van der Waals surface area contributed by atoms with Crippen LogP contribution in [-0.2, 0) is 16.1 Å². The molecule has 0 saturated carbocycles. The van der Waals surface area contributed by atoms with E-state index in [1.54, 1.807) is 18.2 Å². The number of benzene rings is 1. The summed E-state index contributed by atoms with van der Waals surface area (Å²) in [5.41, 5.74) is 5.44. The molecule has 0 spiro atoms. The van der Waals surface area contributed by atoms with E-state index in [-0.39, 0.29) is 24.3 Å². The Hall–Kier alpha value is -3.04. The molecule has 1 fully saturated rings. The van der Waals surface area contributed by atoms with Gasteiger partial charge in [-0.05, 0) is 37.6 Å². The first-order chi connectivity index (χ1) is 14.4. The third kappa shape index (κ3) is 5.31. The van der Waals surface area contributed by atoms with Gasteiger partial charge in [0.05, 0.1) is 24.7 Å². The molecule has 2 aromatic rings. The number of amides is 2. The van der Waals surface area contributed by atoms with Gasteiger partial charge >= 0.3 is 0 Å². The van der Waals surface area contributed by atoms with Crippen LogP contribution in [0.5, 0.6) is 11.5 Å². The van der Waals surface area contributed by atoms with Crippen molar-refractivity contribution in [1.82, 2.24) is 4.90 Å². The number of hydrogen-bond donors (Lipinski definition) is 2. The summed E-state index contributed by atoms with van der Waals surface area (Å²) in [6.07, 6.45) is 2.70.